The summed E-state index contributed by atoms with van der Waals surface area (Å²) in [5.74, 6) is 0.674. The van der Waals surface area contributed by atoms with Crippen molar-refractivity contribution in [2.24, 2.45) is 0 Å². The number of fused-ring (bicyclic) bond motifs is 2. The zero-order chi connectivity index (χ0) is 24.0. The van der Waals surface area contributed by atoms with E-state index < -0.39 is 5.63 Å². The highest BCUT2D eigenvalue weighted by atomic mass is 79.9. The van der Waals surface area contributed by atoms with E-state index in [4.69, 9.17) is 9.15 Å². The van der Waals surface area contributed by atoms with E-state index in [2.05, 4.69) is 25.5 Å². The molecule has 5 rings (SSSR count). The number of carbonyl (C=O) groups excluding carboxylic acids is 1. The molecule has 0 aliphatic carbocycles. The number of ether oxygens (including phenoxy) is 1. The van der Waals surface area contributed by atoms with Crippen LogP contribution in [0.1, 0.15) is 34.4 Å². The number of carbonyl (C=O) groups is 1. The van der Waals surface area contributed by atoms with Crippen LogP contribution < -0.4 is 10.4 Å². The summed E-state index contributed by atoms with van der Waals surface area (Å²) in [4.78, 5) is 29.2. The van der Waals surface area contributed by atoms with Crippen molar-refractivity contribution in [3.8, 4) is 11.4 Å². The number of hydrogen-bond donors (Lipinski definition) is 0. The zero-order valence-electron chi connectivity index (χ0n) is 18.9. The highest BCUT2D eigenvalue weighted by molar-refractivity contribution is 9.10. The predicted octanol–water partition coefficient (Wildman–Crippen LogP) is 6.29. The Bertz CT molecular complexity index is 1630. The first kappa shape index (κ1) is 22.1. The van der Waals surface area contributed by atoms with Gasteiger partial charge >= 0.3 is 5.63 Å². The SMILES string of the molecule is CC(=O)c1c(C)n(-c2ccc(C)cc2)c2cc(Br)c(OCc3nc4ccccc4c(=O)o3)cc12. The predicted molar refractivity (Wildman–Crippen MR) is 135 cm³/mol. The van der Waals surface area contributed by atoms with Crippen molar-refractivity contribution >= 4 is 43.5 Å². The fourth-order valence-corrected chi connectivity index (χ4v) is 4.71. The molecule has 7 heteroatoms. The van der Waals surface area contributed by atoms with Crippen LogP contribution in [0.4, 0.5) is 0 Å². The van der Waals surface area contributed by atoms with E-state index in [1.807, 2.05) is 56.3 Å². The number of nitrogens with zero attached hydrogens (tertiary/aromatic N) is 2. The number of benzene rings is 3. The van der Waals surface area contributed by atoms with Gasteiger partial charge in [0, 0.05) is 22.3 Å². The Hall–Kier alpha value is -3.71. The van der Waals surface area contributed by atoms with E-state index in [1.54, 1.807) is 25.1 Å². The second kappa shape index (κ2) is 8.57. The Morgan fingerprint density at radius 3 is 2.53 bits per heavy atom. The minimum atomic E-state index is -0.455. The minimum absolute atomic E-state index is 0.0242. The van der Waals surface area contributed by atoms with Crippen molar-refractivity contribution in [3.05, 3.63) is 98.3 Å². The molecular formula is C27H21BrN2O4. The van der Waals surface area contributed by atoms with Crippen molar-refractivity contribution in [1.82, 2.24) is 9.55 Å². The Balaban J connectivity index is 1.57. The third-order valence-electron chi connectivity index (χ3n) is 5.83. The maximum Gasteiger partial charge on any atom is 0.346 e. The first-order chi connectivity index (χ1) is 16.3. The first-order valence-corrected chi connectivity index (χ1v) is 11.6. The van der Waals surface area contributed by atoms with Crippen LogP contribution in [0.5, 0.6) is 5.75 Å². The summed E-state index contributed by atoms with van der Waals surface area (Å²) < 4.78 is 14.1. The monoisotopic (exact) mass is 516 g/mol. The lowest BCUT2D eigenvalue weighted by molar-refractivity contribution is 0.101. The minimum Gasteiger partial charge on any atom is -0.483 e. The van der Waals surface area contributed by atoms with Gasteiger partial charge in [-0.3, -0.25) is 4.79 Å². The van der Waals surface area contributed by atoms with Crippen LogP contribution in [-0.2, 0) is 6.61 Å². The van der Waals surface area contributed by atoms with Crippen molar-refractivity contribution < 1.29 is 13.9 Å². The molecule has 170 valence electrons. The van der Waals surface area contributed by atoms with Gasteiger partial charge in [-0.2, -0.15) is 0 Å². The lowest BCUT2D eigenvalue weighted by atomic mass is 10.1. The third kappa shape index (κ3) is 3.82. The van der Waals surface area contributed by atoms with Crippen molar-refractivity contribution in [2.45, 2.75) is 27.4 Å². The molecule has 0 bridgehead atoms. The van der Waals surface area contributed by atoms with Crippen molar-refractivity contribution in [1.29, 1.82) is 0 Å². The van der Waals surface area contributed by atoms with Crippen LogP contribution in [-0.4, -0.2) is 15.3 Å². The summed E-state index contributed by atoms with van der Waals surface area (Å²) in [6.07, 6.45) is 0. The van der Waals surface area contributed by atoms with Gasteiger partial charge in [-0.15, -0.1) is 0 Å². The fourth-order valence-electron chi connectivity index (χ4n) is 4.26. The average molecular weight is 517 g/mol. The molecule has 34 heavy (non-hydrogen) atoms. The van der Waals surface area contributed by atoms with Gasteiger partial charge in [0.1, 0.15) is 5.75 Å². The normalized spacial score (nSPS) is 11.3. The number of rotatable bonds is 5. The van der Waals surface area contributed by atoms with E-state index in [0.717, 1.165) is 27.8 Å². The standard InChI is InChI=1S/C27H21BrN2O4/c1-15-8-10-18(11-9-15)30-16(2)26(17(3)31)20-12-24(21(28)13-23(20)30)33-14-25-29-22-7-5-4-6-19(22)27(32)34-25/h4-13H,14H2,1-3H3. The van der Waals surface area contributed by atoms with E-state index in [0.29, 0.717) is 26.7 Å². The van der Waals surface area contributed by atoms with Crippen LogP contribution in [0.2, 0.25) is 0 Å². The Labute approximate surface area is 203 Å². The molecular weight excluding hydrogens is 496 g/mol. The van der Waals surface area contributed by atoms with E-state index in [-0.39, 0.29) is 18.3 Å². The second-order valence-electron chi connectivity index (χ2n) is 8.19. The number of hydrogen-bond acceptors (Lipinski definition) is 5. The summed E-state index contributed by atoms with van der Waals surface area (Å²) in [5.41, 5.74) is 4.63. The highest BCUT2D eigenvalue weighted by Crippen LogP contribution is 2.37. The van der Waals surface area contributed by atoms with Gasteiger partial charge in [-0.05, 0) is 73.1 Å². The summed E-state index contributed by atoms with van der Waals surface area (Å²) in [7, 11) is 0. The van der Waals surface area contributed by atoms with Crippen LogP contribution in [0.3, 0.4) is 0 Å². The molecule has 0 saturated heterocycles. The number of Topliss-reactive ketones (excluding diaryl/α,β-unsaturated/α-hetero) is 1. The van der Waals surface area contributed by atoms with Gasteiger partial charge in [0.05, 0.1) is 20.9 Å². The Morgan fingerprint density at radius 2 is 1.79 bits per heavy atom. The molecule has 0 saturated carbocycles. The summed E-state index contributed by atoms with van der Waals surface area (Å²) in [5, 5.41) is 1.21. The molecule has 0 spiro atoms. The topological polar surface area (TPSA) is 74.3 Å². The van der Waals surface area contributed by atoms with E-state index in [1.165, 1.54) is 0 Å². The number of aromatic nitrogens is 2. The summed E-state index contributed by atoms with van der Waals surface area (Å²) >= 11 is 3.60. The van der Waals surface area contributed by atoms with Gasteiger partial charge in [0.2, 0.25) is 5.89 Å². The molecule has 5 aromatic rings. The van der Waals surface area contributed by atoms with Crippen LogP contribution in [0.15, 0.2) is 74.3 Å². The molecule has 0 aliphatic heterocycles. The van der Waals surface area contributed by atoms with E-state index >= 15 is 0 Å². The quantitative estimate of drug-likeness (QED) is 0.256. The van der Waals surface area contributed by atoms with E-state index in [9.17, 15) is 9.59 Å². The van der Waals surface area contributed by atoms with Gasteiger partial charge in [0.25, 0.3) is 0 Å². The molecule has 6 nitrogen and oxygen atoms in total. The van der Waals surface area contributed by atoms with Gasteiger partial charge in [-0.25, -0.2) is 9.78 Å². The van der Waals surface area contributed by atoms with Gasteiger partial charge < -0.3 is 13.7 Å². The van der Waals surface area contributed by atoms with Crippen LogP contribution in [0.25, 0.3) is 27.5 Å². The molecule has 2 heterocycles. The molecule has 0 aliphatic rings. The average Bonchev–Trinajstić information content (AvgIpc) is 3.09. The molecule has 0 atom stereocenters. The number of aryl methyl sites for hydroxylation is 1. The molecule has 0 unspecified atom stereocenters. The molecule has 0 N–H and O–H groups in total. The van der Waals surface area contributed by atoms with Gasteiger partial charge in [0.15, 0.2) is 12.4 Å². The van der Waals surface area contributed by atoms with Crippen LogP contribution in [0, 0.1) is 13.8 Å². The first-order valence-electron chi connectivity index (χ1n) is 10.8. The highest BCUT2D eigenvalue weighted by Gasteiger charge is 2.21. The Kier molecular flexibility index (Phi) is 5.57. The number of ketones is 1. The lowest BCUT2D eigenvalue weighted by Gasteiger charge is -2.11. The maximum absolute atomic E-state index is 12.6. The fraction of sp³-hybridized carbons (Fsp3) is 0.148. The summed E-state index contributed by atoms with van der Waals surface area (Å²) in [6.45, 7) is 5.52. The van der Waals surface area contributed by atoms with Crippen molar-refractivity contribution in [3.63, 3.8) is 0 Å². The zero-order valence-corrected chi connectivity index (χ0v) is 20.5. The van der Waals surface area contributed by atoms with Crippen LogP contribution >= 0.6 is 15.9 Å². The third-order valence-corrected chi connectivity index (χ3v) is 6.45. The summed E-state index contributed by atoms with van der Waals surface area (Å²) in [6, 6.07) is 19.0. The van der Waals surface area contributed by atoms with Gasteiger partial charge in [-0.1, -0.05) is 29.8 Å². The number of halogens is 1. The largest absolute Gasteiger partial charge is 0.483 e. The molecule has 2 aromatic heterocycles. The maximum atomic E-state index is 12.6. The number of para-hydroxylation sites is 1. The van der Waals surface area contributed by atoms with Crippen molar-refractivity contribution in [2.75, 3.05) is 0 Å². The Morgan fingerprint density at radius 1 is 1.06 bits per heavy atom. The molecule has 0 radical (unpaired) electrons. The lowest BCUT2D eigenvalue weighted by Crippen LogP contribution is -2.07. The molecule has 0 amide bonds. The molecule has 3 aromatic carbocycles. The smallest absolute Gasteiger partial charge is 0.346 e. The second-order valence-corrected chi connectivity index (χ2v) is 9.04. The molecule has 0 fully saturated rings.